The Kier molecular flexibility index (Phi) is 24.7. The second kappa shape index (κ2) is 34.3. The van der Waals surface area contributed by atoms with Gasteiger partial charge in [-0.3, -0.25) is 38.4 Å². The van der Waals surface area contributed by atoms with E-state index in [1.54, 1.807) is 130 Å². The van der Waals surface area contributed by atoms with E-state index in [9.17, 15) is 29.4 Å². The normalized spacial score (nSPS) is 21.7. The first-order chi connectivity index (χ1) is 52.4. The number of ether oxygens (including phenoxy) is 2. The number of benzene rings is 6. The number of carboxylic acid groups (broad SMARTS) is 2. The molecule has 14 rings (SSSR count). The number of rotatable bonds is 14. The lowest BCUT2D eigenvalue weighted by atomic mass is 9.85. The lowest BCUT2D eigenvalue weighted by Crippen LogP contribution is -2.61. The molecule has 0 aliphatic carbocycles. The number of hydrogen-bond donors (Lipinski definition) is 10. The minimum Gasteiger partial charge on any atom is -0.487 e. The number of aromatic nitrogens is 6. The average Bonchev–Trinajstić information content (AvgIpc) is 1.62. The zero-order valence-corrected chi connectivity index (χ0v) is 63.2. The van der Waals surface area contributed by atoms with Gasteiger partial charge in [-0.25, -0.2) is 19.0 Å². The first-order valence-electron chi connectivity index (χ1n) is 36.9. The number of amides is 8. The fraction of sp³-hybridized carbons (Fsp3) is 0.425. The van der Waals surface area contributed by atoms with Crippen LogP contribution in [0.5, 0.6) is 11.5 Å². The van der Waals surface area contributed by atoms with Gasteiger partial charge in [0.1, 0.15) is 84.4 Å². The minimum atomic E-state index is -1.54. The van der Waals surface area contributed by atoms with Crippen molar-refractivity contribution >= 4 is 80.7 Å². The number of carbonyl (C=O) groups excluding carboxylic acids is 8. The molecule has 6 aliphatic heterocycles. The number of carboxylic acids is 2. The first-order valence-corrected chi connectivity index (χ1v) is 36.9. The van der Waals surface area contributed by atoms with Gasteiger partial charge in [-0.1, -0.05) is 161 Å². The number of likely N-dealkylation sites (tertiary alicyclic amines) is 2. The number of nitrogens with one attached hydrogen (secondary N) is 8. The fourth-order valence-electron chi connectivity index (χ4n) is 14.1. The zero-order valence-electron chi connectivity index (χ0n) is 63.2. The molecule has 6 aliphatic rings. The van der Waals surface area contributed by atoms with E-state index in [-0.39, 0.29) is 64.8 Å². The van der Waals surface area contributed by atoms with Gasteiger partial charge >= 0.3 is 11.9 Å². The number of aliphatic carboxylic acids is 2. The van der Waals surface area contributed by atoms with Crippen molar-refractivity contribution in [3.63, 3.8) is 0 Å². The van der Waals surface area contributed by atoms with E-state index < -0.39 is 143 Å². The molecule has 2 saturated heterocycles. The van der Waals surface area contributed by atoms with Crippen molar-refractivity contribution < 1.29 is 67.6 Å². The number of likely N-dealkylation sites (N-methyl/N-ethyl adjacent to an activating group) is 2. The van der Waals surface area contributed by atoms with E-state index in [2.05, 4.69) is 63.2 Å². The summed E-state index contributed by atoms with van der Waals surface area (Å²) < 4.78 is 15.3. The third-order valence-corrected chi connectivity index (χ3v) is 20.6. The van der Waals surface area contributed by atoms with Crippen LogP contribution in [0.25, 0.3) is 21.5 Å². The molecule has 0 spiro atoms. The highest BCUT2D eigenvalue weighted by Gasteiger charge is 2.51. The fourth-order valence-corrected chi connectivity index (χ4v) is 14.1. The average molecular weight is 1510 g/mol. The van der Waals surface area contributed by atoms with Gasteiger partial charge in [0.05, 0.1) is 36.6 Å². The third-order valence-electron chi connectivity index (χ3n) is 20.6. The van der Waals surface area contributed by atoms with Gasteiger partial charge < -0.3 is 72.0 Å². The maximum atomic E-state index is 15.6. The summed E-state index contributed by atoms with van der Waals surface area (Å²) in [6.07, 6.45) is 2.74. The van der Waals surface area contributed by atoms with Gasteiger partial charge in [-0.15, -0.1) is 10.2 Å². The van der Waals surface area contributed by atoms with E-state index in [0.717, 1.165) is 21.5 Å². The van der Waals surface area contributed by atoms with Gasteiger partial charge in [0.2, 0.25) is 47.3 Å². The molecule has 0 radical (unpaired) electrons. The predicted octanol–water partition coefficient (Wildman–Crippen LogP) is 4.29. The number of nitrogens with zero attached hydrogens (tertiary/aromatic N) is 8. The van der Waals surface area contributed by atoms with E-state index in [0.29, 0.717) is 45.1 Å². The largest absolute Gasteiger partial charge is 0.487 e. The Balaban J connectivity index is 0.941. The van der Waals surface area contributed by atoms with Crippen molar-refractivity contribution in [2.75, 3.05) is 27.2 Å². The Labute approximate surface area is 636 Å². The van der Waals surface area contributed by atoms with Crippen LogP contribution >= 0.6 is 0 Å². The third kappa shape index (κ3) is 19.1. The maximum absolute atomic E-state index is 15.6. The standard InChI is InChI=1S/C80H96N16O14/c1-45(81-9)69(97)87-67(79(3,4)5)75(103)93-33-31-63-65(93)73(101)83-59(39-49-19-25-51-15-11-13-17-53(51)35-49)71(99)85-61(77(105)106)37-47-23-29-58(30-24-47)110-44-56-42-96(92-90-56)64-32-34-94(76(104)68(80(6,7)8)88-70(98)46(2)82-10)66(64)74(102)84-60(40-50-20-26-52-16-12-14-18-54(52)36-50)72(100)86-62(78(107)108)38-48-21-27-57(28-22-48)109-43-55-41-95(63)91-89-55/h11-30,35-36,41-42,45-46,59-68,81-82H,31-34,37-40,43-44H2,1-10H3,(H,83,101)(H,84,102)(H,85,99)(H,86,100)(H,87,97)(H,88,98)(H,105,106)(H,107,108)/t45-,46-,59-,60-,61-,62-,63+,64+,65-,66?,67+,68+/m0/s1. The lowest BCUT2D eigenvalue weighted by Gasteiger charge is -2.37. The molecule has 8 heterocycles. The summed E-state index contributed by atoms with van der Waals surface area (Å²) in [7, 11) is 3.22. The van der Waals surface area contributed by atoms with Crippen LogP contribution in [0, 0.1) is 10.8 Å². The van der Waals surface area contributed by atoms with Gasteiger partial charge in [-0.05, 0) is 120 Å². The highest BCUT2D eigenvalue weighted by molar-refractivity contribution is 5.99. The minimum absolute atomic E-state index is 0.00483. The predicted molar refractivity (Wildman–Crippen MR) is 405 cm³/mol. The quantitative estimate of drug-likeness (QED) is 0.0726. The van der Waals surface area contributed by atoms with Gasteiger partial charge in [0, 0.05) is 38.8 Å². The topological polar surface area (TPSA) is 394 Å². The van der Waals surface area contributed by atoms with Crippen LogP contribution in [-0.2, 0) is 86.8 Å². The Morgan fingerprint density at radius 3 is 1.21 bits per heavy atom. The monoisotopic (exact) mass is 1500 g/mol. The highest BCUT2D eigenvalue weighted by Crippen LogP contribution is 2.35. The number of carbonyl (C=O) groups is 10. The number of hydrogen-bond acceptors (Lipinski definition) is 18. The Hall–Kier alpha value is -11.7. The molecule has 8 bridgehead atoms. The number of fused-ring (bicyclic) bond motifs is 2. The van der Waals surface area contributed by atoms with Crippen LogP contribution in [0.2, 0.25) is 0 Å². The van der Waals surface area contributed by atoms with Gasteiger partial charge in [0.15, 0.2) is 0 Å². The van der Waals surface area contributed by atoms with Crippen molar-refractivity contribution in [2.45, 2.75) is 180 Å². The highest BCUT2D eigenvalue weighted by atomic mass is 16.5. The Morgan fingerprint density at radius 2 is 0.864 bits per heavy atom. The zero-order chi connectivity index (χ0) is 78.9. The summed E-state index contributed by atoms with van der Waals surface area (Å²) in [6, 6.07) is 24.9. The summed E-state index contributed by atoms with van der Waals surface area (Å²) in [6.45, 7) is 13.7. The molecular formula is C80H96N16O14. The summed E-state index contributed by atoms with van der Waals surface area (Å²) >= 11 is 0. The summed E-state index contributed by atoms with van der Waals surface area (Å²) in [5, 5.41) is 65.7. The molecular weight excluding hydrogens is 1410 g/mol. The molecule has 2 aromatic heterocycles. The van der Waals surface area contributed by atoms with Crippen molar-refractivity contribution in [3.05, 3.63) is 179 Å². The molecule has 0 saturated carbocycles. The van der Waals surface area contributed by atoms with E-state index in [1.807, 2.05) is 84.9 Å². The molecule has 12 atom stereocenters. The molecule has 6 aromatic carbocycles. The van der Waals surface area contributed by atoms with Gasteiger partial charge in [0.25, 0.3) is 0 Å². The van der Waals surface area contributed by atoms with Crippen LogP contribution in [0.3, 0.4) is 0 Å². The second-order valence-electron chi connectivity index (χ2n) is 30.6. The second-order valence-corrected chi connectivity index (χ2v) is 30.6. The van der Waals surface area contributed by atoms with E-state index >= 15 is 28.8 Å². The molecule has 30 nitrogen and oxygen atoms in total. The molecule has 580 valence electrons. The Morgan fingerprint density at radius 1 is 0.500 bits per heavy atom. The van der Waals surface area contributed by atoms with Crippen LogP contribution in [0.4, 0.5) is 0 Å². The molecule has 8 aromatic rings. The molecule has 2 fully saturated rings. The molecule has 10 N–H and O–H groups in total. The smallest absolute Gasteiger partial charge is 0.326 e. The van der Waals surface area contributed by atoms with Crippen molar-refractivity contribution in [2.24, 2.45) is 10.8 Å². The Bertz CT molecular complexity index is 4410. The lowest BCUT2D eigenvalue weighted by molar-refractivity contribution is -0.145. The maximum Gasteiger partial charge on any atom is 0.326 e. The molecule has 1 unspecified atom stereocenters. The van der Waals surface area contributed by atoms with Crippen LogP contribution in [-0.4, -0.2) is 197 Å². The van der Waals surface area contributed by atoms with E-state index in [4.69, 9.17) is 9.47 Å². The van der Waals surface area contributed by atoms with E-state index in [1.165, 1.54) is 19.2 Å². The van der Waals surface area contributed by atoms with Crippen LogP contribution in [0.1, 0.15) is 114 Å². The van der Waals surface area contributed by atoms with Gasteiger partial charge in [-0.2, -0.15) is 0 Å². The van der Waals surface area contributed by atoms with Crippen LogP contribution < -0.4 is 52.0 Å². The SMILES string of the molecule is CN[C@@H](C)C(=O)N[C@H](C(=O)N1CC[C@@H]2C1C(=O)N[C@@H](Cc1ccc3ccccc3c1)C(=O)N[C@H](C(=O)O)Cc1ccc(cc1)OCc1cn(nn1)[C@@H]1CCN(C(=O)[C@@H](NC(=O)[C@H](C)NC)C(C)(C)C)[C@@H]1C(=O)N[C@@H](Cc1ccc3ccccc3c1)C(=O)N[C@H](C(=O)O)Cc1ccc(cc1)OCc1cn2nn1)C(C)(C)C. The molecule has 8 amide bonds. The van der Waals surface area contributed by atoms with Crippen LogP contribution in [0.15, 0.2) is 146 Å². The van der Waals surface area contributed by atoms with Crippen molar-refractivity contribution in [1.29, 1.82) is 0 Å². The van der Waals surface area contributed by atoms with Crippen molar-refractivity contribution in [1.82, 2.24) is 82.3 Å². The summed E-state index contributed by atoms with van der Waals surface area (Å²) in [5.74, 6) is -7.42. The molecule has 30 heteroatoms. The van der Waals surface area contributed by atoms with Crippen molar-refractivity contribution in [3.8, 4) is 11.5 Å². The molecule has 110 heavy (non-hydrogen) atoms. The first kappa shape index (κ1) is 79.4. The summed E-state index contributed by atoms with van der Waals surface area (Å²) in [5.41, 5.74) is 1.01. The summed E-state index contributed by atoms with van der Waals surface area (Å²) in [4.78, 5) is 148.